The van der Waals surface area contributed by atoms with E-state index in [1.165, 1.54) is 0 Å². The molecule has 3 amide bonds. The highest BCUT2D eigenvalue weighted by molar-refractivity contribution is 6.00. The molecule has 0 aliphatic carbocycles. The molecule has 0 spiro atoms. The first-order chi connectivity index (χ1) is 4.94. The van der Waals surface area contributed by atoms with Crippen molar-refractivity contribution in [1.29, 1.82) is 0 Å². The van der Waals surface area contributed by atoms with E-state index >= 15 is 0 Å². The Kier molecular flexibility index (Phi) is 1.62. The fraction of sp³-hybridized carbons (Fsp3) is 0.714. The van der Waals surface area contributed by atoms with E-state index in [2.05, 4.69) is 10.6 Å². The maximum atomic E-state index is 11.2. The van der Waals surface area contributed by atoms with Gasteiger partial charge in [0.2, 0.25) is 5.91 Å². The molecule has 0 aromatic heterocycles. The van der Waals surface area contributed by atoms with E-state index in [1.807, 2.05) is 6.92 Å². The van der Waals surface area contributed by atoms with Crippen molar-refractivity contribution >= 4 is 11.9 Å². The fourth-order valence-electron chi connectivity index (χ4n) is 0.874. The Balaban J connectivity index is 2.84. The molecule has 0 saturated carbocycles. The number of nitrogens with one attached hydrogen (secondary N) is 2. The van der Waals surface area contributed by atoms with Crippen molar-refractivity contribution in [3.05, 3.63) is 0 Å². The summed E-state index contributed by atoms with van der Waals surface area (Å²) < 4.78 is 0. The largest absolute Gasteiger partial charge is 0.334 e. The number of hydrogen-bond acceptors (Lipinski definition) is 2. The van der Waals surface area contributed by atoms with Crippen molar-refractivity contribution in [1.82, 2.24) is 10.6 Å². The minimum Gasteiger partial charge on any atom is -0.334 e. The van der Waals surface area contributed by atoms with Crippen LogP contribution < -0.4 is 10.6 Å². The smallest absolute Gasteiger partial charge is 0.321 e. The third-order valence-corrected chi connectivity index (χ3v) is 2.24. The van der Waals surface area contributed by atoms with Crippen molar-refractivity contribution in [2.75, 3.05) is 0 Å². The number of rotatable bonds is 0. The second-order valence-electron chi connectivity index (χ2n) is 3.37. The van der Waals surface area contributed by atoms with E-state index in [0.29, 0.717) is 0 Å². The molecule has 0 aromatic carbocycles. The van der Waals surface area contributed by atoms with Gasteiger partial charge >= 0.3 is 6.03 Å². The van der Waals surface area contributed by atoms with Gasteiger partial charge in [-0.15, -0.1) is 0 Å². The Morgan fingerprint density at radius 1 is 1.36 bits per heavy atom. The van der Waals surface area contributed by atoms with E-state index in [1.54, 1.807) is 13.8 Å². The average Bonchev–Trinajstić information content (AvgIpc) is 1.84. The van der Waals surface area contributed by atoms with Crippen LogP contribution in [-0.2, 0) is 4.79 Å². The lowest BCUT2D eigenvalue weighted by molar-refractivity contribution is -0.130. The van der Waals surface area contributed by atoms with Crippen molar-refractivity contribution < 1.29 is 9.59 Å². The molecule has 2 N–H and O–H groups in total. The van der Waals surface area contributed by atoms with Crippen LogP contribution in [0.1, 0.15) is 20.8 Å². The molecule has 11 heavy (non-hydrogen) atoms. The zero-order chi connectivity index (χ0) is 8.65. The van der Waals surface area contributed by atoms with Crippen LogP contribution in [-0.4, -0.2) is 18.0 Å². The van der Waals surface area contributed by atoms with Gasteiger partial charge in [-0.1, -0.05) is 0 Å². The third-order valence-electron chi connectivity index (χ3n) is 2.24. The summed E-state index contributed by atoms with van der Waals surface area (Å²) in [6.45, 7) is 5.41. The van der Waals surface area contributed by atoms with Gasteiger partial charge in [0.15, 0.2) is 0 Å². The van der Waals surface area contributed by atoms with Crippen LogP contribution in [0.3, 0.4) is 0 Å². The molecule has 1 aliphatic rings. The molecule has 62 valence electrons. The fourth-order valence-corrected chi connectivity index (χ4v) is 0.874. The molecule has 1 heterocycles. The average molecular weight is 156 g/mol. The topological polar surface area (TPSA) is 58.2 Å². The number of amides is 3. The molecular formula is C7H12N2O2. The summed E-state index contributed by atoms with van der Waals surface area (Å²) in [7, 11) is 0. The molecule has 0 radical (unpaired) electrons. The molecular weight excluding hydrogens is 144 g/mol. The first-order valence-electron chi connectivity index (χ1n) is 3.56. The van der Waals surface area contributed by atoms with Gasteiger partial charge in [-0.05, 0) is 20.8 Å². The minimum absolute atomic E-state index is 0.108. The van der Waals surface area contributed by atoms with Crippen LogP contribution in [0.15, 0.2) is 0 Å². The van der Waals surface area contributed by atoms with Crippen LogP contribution >= 0.6 is 0 Å². The predicted octanol–water partition coefficient (Wildman–Crippen LogP) is 0.240. The normalized spacial score (nSPS) is 29.2. The third kappa shape index (κ3) is 1.20. The Morgan fingerprint density at radius 3 is 2.36 bits per heavy atom. The quantitative estimate of drug-likeness (QED) is 0.528. The highest BCUT2D eigenvalue weighted by Gasteiger charge is 2.39. The number of carbonyl (C=O) groups excluding carboxylic acids is 2. The second kappa shape index (κ2) is 2.22. The summed E-state index contributed by atoms with van der Waals surface area (Å²) >= 11 is 0. The highest BCUT2D eigenvalue weighted by Crippen LogP contribution is 2.22. The first kappa shape index (κ1) is 8.04. The monoisotopic (exact) mass is 156 g/mol. The van der Waals surface area contributed by atoms with Gasteiger partial charge in [0.05, 0.1) is 5.41 Å². The zero-order valence-corrected chi connectivity index (χ0v) is 6.89. The maximum absolute atomic E-state index is 11.2. The summed E-state index contributed by atoms with van der Waals surface area (Å²) in [4.78, 5) is 21.9. The predicted molar refractivity (Wildman–Crippen MR) is 39.9 cm³/mol. The standard InChI is InChI=1S/C7H12N2O2/c1-4-7(2,3)5(10)9-6(11)8-4/h4H,1-3H3,(H2,8,9,10,11). The summed E-state index contributed by atoms with van der Waals surface area (Å²) in [6.07, 6.45) is 0. The van der Waals surface area contributed by atoms with Crippen LogP contribution in [0.25, 0.3) is 0 Å². The second-order valence-corrected chi connectivity index (χ2v) is 3.37. The molecule has 4 nitrogen and oxygen atoms in total. The Hall–Kier alpha value is -1.06. The van der Waals surface area contributed by atoms with Gasteiger partial charge in [-0.25, -0.2) is 4.79 Å². The van der Waals surface area contributed by atoms with Gasteiger partial charge in [0.25, 0.3) is 0 Å². The van der Waals surface area contributed by atoms with Crippen molar-refractivity contribution in [2.24, 2.45) is 5.41 Å². The van der Waals surface area contributed by atoms with E-state index < -0.39 is 11.4 Å². The number of hydrogen-bond donors (Lipinski definition) is 2. The summed E-state index contributed by atoms with van der Waals surface area (Å²) in [5.41, 5.74) is -0.506. The first-order valence-corrected chi connectivity index (χ1v) is 3.56. The summed E-state index contributed by atoms with van der Waals surface area (Å²) in [5.74, 6) is -0.214. The SMILES string of the molecule is CC1NC(=O)NC(=O)C1(C)C. The van der Waals surface area contributed by atoms with Gasteiger partial charge in [0.1, 0.15) is 0 Å². The van der Waals surface area contributed by atoms with E-state index in [4.69, 9.17) is 0 Å². The molecule has 1 aliphatic heterocycles. The van der Waals surface area contributed by atoms with Gasteiger partial charge in [-0.2, -0.15) is 0 Å². The molecule has 1 atom stereocenters. The zero-order valence-electron chi connectivity index (χ0n) is 6.89. The van der Waals surface area contributed by atoms with E-state index in [9.17, 15) is 9.59 Å². The maximum Gasteiger partial charge on any atom is 0.321 e. The Labute approximate surface area is 65.3 Å². The lowest BCUT2D eigenvalue weighted by atomic mass is 9.83. The van der Waals surface area contributed by atoms with Crippen LogP contribution in [0.5, 0.6) is 0 Å². The number of urea groups is 1. The lowest BCUT2D eigenvalue weighted by Gasteiger charge is -2.34. The van der Waals surface area contributed by atoms with Gasteiger partial charge in [-0.3, -0.25) is 10.1 Å². The lowest BCUT2D eigenvalue weighted by Crippen LogP contribution is -2.61. The van der Waals surface area contributed by atoms with E-state index in [0.717, 1.165) is 0 Å². The Morgan fingerprint density at radius 2 is 1.91 bits per heavy atom. The molecule has 0 aromatic rings. The van der Waals surface area contributed by atoms with E-state index in [-0.39, 0.29) is 11.9 Å². The van der Waals surface area contributed by atoms with Crippen LogP contribution in [0, 0.1) is 5.41 Å². The van der Waals surface area contributed by atoms with Gasteiger partial charge < -0.3 is 5.32 Å². The number of imide groups is 1. The molecule has 4 heteroatoms. The van der Waals surface area contributed by atoms with Crippen LogP contribution in [0.2, 0.25) is 0 Å². The Bertz CT molecular complexity index is 210. The number of carbonyl (C=O) groups is 2. The summed E-state index contributed by atoms with van der Waals surface area (Å²) in [5, 5.41) is 4.84. The highest BCUT2D eigenvalue weighted by atomic mass is 16.2. The molecule has 0 bridgehead atoms. The molecule has 1 fully saturated rings. The molecule has 1 unspecified atom stereocenters. The minimum atomic E-state index is -0.506. The molecule has 1 saturated heterocycles. The van der Waals surface area contributed by atoms with Crippen molar-refractivity contribution in [3.63, 3.8) is 0 Å². The molecule has 1 rings (SSSR count). The van der Waals surface area contributed by atoms with Crippen molar-refractivity contribution in [2.45, 2.75) is 26.8 Å². The summed E-state index contributed by atoms with van der Waals surface area (Å²) in [6, 6.07) is -0.509. The van der Waals surface area contributed by atoms with Gasteiger partial charge in [0, 0.05) is 6.04 Å². The van der Waals surface area contributed by atoms with Crippen LogP contribution in [0.4, 0.5) is 4.79 Å². The van der Waals surface area contributed by atoms with Crippen molar-refractivity contribution in [3.8, 4) is 0 Å².